The van der Waals surface area contributed by atoms with Crippen LogP contribution in [0.15, 0.2) is 43.1 Å². The van der Waals surface area contributed by atoms with Crippen LogP contribution in [0, 0.1) is 0 Å². The molecule has 1 N–H and O–H groups in total. The topological polar surface area (TPSA) is 83.1 Å². The molecule has 0 saturated carbocycles. The van der Waals surface area contributed by atoms with E-state index < -0.39 is 0 Å². The maximum Gasteiger partial charge on any atom is 0.182 e. The second-order valence-corrected chi connectivity index (χ2v) is 9.06. The summed E-state index contributed by atoms with van der Waals surface area (Å²) in [6.45, 7) is 4.89. The quantitative estimate of drug-likeness (QED) is 0.483. The number of anilines is 1. The van der Waals surface area contributed by atoms with Crippen LogP contribution in [0.5, 0.6) is 5.75 Å². The van der Waals surface area contributed by atoms with Gasteiger partial charge in [0.05, 0.1) is 12.4 Å². The number of imidazole rings is 1. The van der Waals surface area contributed by atoms with E-state index >= 15 is 0 Å². The summed E-state index contributed by atoms with van der Waals surface area (Å²) < 4.78 is 6.41. The van der Waals surface area contributed by atoms with Gasteiger partial charge in [-0.3, -0.25) is 9.88 Å². The highest BCUT2D eigenvalue weighted by Gasteiger charge is 2.28. The van der Waals surface area contributed by atoms with E-state index in [1.54, 1.807) is 12.7 Å². The number of likely N-dealkylation sites (tertiary alicyclic amines) is 1. The number of benzene rings is 1. The molecule has 3 aromatic heterocycles. The van der Waals surface area contributed by atoms with Crippen molar-refractivity contribution in [1.29, 1.82) is 0 Å². The Hall–Kier alpha value is -3.26. The molecule has 0 radical (unpaired) electrons. The highest BCUT2D eigenvalue weighted by Crippen LogP contribution is 2.31. The van der Waals surface area contributed by atoms with Crippen molar-refractivity contribution in [2.75, 3.05) is 31.1 Å². The van der Waals surface area contributed by atoms with Crippen molar-refractivity contribution in [3.05, 3.63) is 48.7 Å². The van der Waals surface area contributed by atoms with Crippen LogP contribution in [-0.2, 0) is 6.54 Å². The molecule has 2 fully saturated rings. The second kappa shape index (κ2) is 8.94. The van der Waals surface area contributed by atoms with Crippen LogP contribution in [-0.4, -0.2) is 62.1 Å². The van der Waals surface area contributed by atoms with Gasteiger partial charge in [0.15, 0.2) is 11.5 Å². The first-order valence-corrected chi connectivity index (χ1v) is 12.0. The number of fused-ring (bicyclic) bond motifs is 2. The van der Waals surface area contributed by atoms with Gasteiger partial charge in [0.2, 0.25) is 0 Å². The first-order valence-electron chi connectivity index (χ1n) is 12.0. The van der Waals surface area contributed by atoms with Crippen LogP contribution < -0.4 is 9.64 Å². The largest absolute Gasteiger partial charge is 0.489 e. The molecule has 8 nitrogen and oxygen atoms in total. The molecule has 0 spiro atoms. The third kappa shape index (κ3) is 3.99. The number of nitrogens with one attached hydrogen (secondary N) is 1. The third-order valence-corrected chi connectivity index (χ3v) is 6.95. The minimum absolute atomic E-state index is 0.248. The van der Waals surface area contributed by atoms with Gasteiger partial charge in [-0.25, -0.2) is 15.0 Å². The van der Waals surface area contributed by atoms with Crippen LogP contribution in [0.1, 0.15) is 37.7 Å². The lowest BCUT2D eigenvalue weighted by atomic mass is 10.1. The molecule has 33 heavy (non-hydrogen) atoms. The Morgan fingerprint density at radius 2 is 1.91 bits per heavy atom. The Kier molecular flexibility index (Phi) is 5.51. The monoisotopic (exact) mass is 443 g/mol. The average Bonchev–Trinajstić information content (AvgIpc) is 3.54. The number of ether oxygens (including phenoxy) is 1. The molecule has 2 aliphatic heterocycles. The molecule has 1 aromatic carbocycles. The van der Waals surface area contributed by atoms with Gasteiger partial charge in [-0.05, 0) is 56.5 Å². The Balaban J connectivity index is 1.22. The van der Waals surface area contributed by atoms with Crippen LogP contribution >= 0.6 is 0 Å². The standard InChI is InChI=1S/C25H29N7O/c1-2-11-31(12-3-1)14-18-8-9-21(22-20(18)7-4-10-26-22)33-15-19-6-5-13-32(19)25-23-24(28-16-27-23)29-17-30-25/h4,7-10,16-17,19H,1-3,5-6,11-15H2,(H,27,28,29,30). The Morgan fingerprint density at radius 3 is 2.85 bits per heavy atom. The fourth-order valence-corrected chi connectivity index (χ4v) is 5.26. The number of hydrogen-bond acceptors (Lipinski definition) is 7. The summed E-state index contributed by atoms with van der Waals surface area (Å²) in [5.74, 6) is 1.76. The van der Waals surface area contributed by atoms with Crippen molar-refractivity contribution in [3.63, 3.8) is 0 Å². The lowest BCUT2D eigenvalue weighted by molar-refractivity contribution is 0.221. The van der Waals surface area contributed by atoms with E-state index in [1.165, 1.54) is 43.3 Å². The highest BCUT2D eigenvalue weighted by atomic mass is 16.5. The molecule has 8 heteroatoms. The maximum atomic E-state index is 6.41. The summed E-state index contributed by atoms with van der Waals surface area (Å²) in [5.41, 5.74) is 3.87. The number of pyridine rings is 1. The predicted octanol–water partition coefficient (Wildman–Crippen LogP) is 3.93. The van der Waals surface area contributed by atoms with Gasteiger partial charge in [-0.1, -0.05) is 18.6 Å². The maximum absolute atomic E-state index is 6.41. The van der Waals surface area contributed by atoms with Crippen LogP contribution in [0.4, 0.5) is 5.82 Å². The first-order chi connectivity index (χ1) is 16.4. The number of H-pyrrole nitrogens is 1. The van der Waals surface area contributed by atoms with E-state index in [0.29, 0.717) is 12.3 Å². The molecule has 0 bridgehead atoms. The molecule has 1 atom stereocenters. The van der Waals surface area contributed by atoms with Gasteiger partial charge >= 0.3 is 0 Å². The van der Waals surface area contributed by atoms with Gasteiger partial charge in [-0.2, -0.15) is 0 Å². The van der Waals surface area contributed by atoms with Crippen LogP contribution in [0.3, 0.4) is 0 Å². The van der Waals surface area contributed by atoms with Gasteiger partial charge in [0, 0.05) is 24.7 Å². The Labute approximate surface area is 193 Å². The zero-order valence-corrected chi connectivity index (χ0v) is 18.8. The van der Waals surface area contributed by atoms with Gasteiger partial charge in [-0.15, -0.1) is 0 Å². The lowest BCUT2D eigenvalue weighted by Crippen LogP contribution is -2.35. The van der Waals surface area contributed by atoms with Crippen LogP contribution in [0.2, 0.25) is 0 Å². The summed E-state index contributed by atoms with van der Waals surface area (Å²) in [6, 6.07) is 8.77. The number of aromatic amines is 1. The Bertz CT molecular complexity index is 1250. The molecule has 0 aliphatic carbocycles. The number of rotatable bonds is 6. The molecule has 2 saturated heterocycles. The normalized spacial score (nSPS) is 19.5. The smallest absolute Gasteiger partial charge is 0.182 e. The molecular formula is C25H29N7O. The molecule has 4 aromatic rings. The van der Waals surface area contributed by atoms with Crippen molar-refractivity contribution in [2.45, 2.75) is 44.7 Å². The zero-order chi connectivity index (χ0) is 22.0. The molecule has 1 unspecified atom stereocenters. The number of nitrogens with zero attached hydrogens (tertiary/aromatic N) is 6. The molecule has 2 aliphatic rings. The van der Waals surface area contributed by atoms with E-state index in [9.17, 15) is 0 Å². The van der Waals surface area contributed by atoms with Crippen molar-refractivity contribution < 1.29 is 4.74 Å². The molecule has 170 valence electrons. The molecule has 0 amide bonds. The van der Waals surface area contributed by atoms with Gasteiger partial charge < -0.3 is 14.6 Å². The summed E-state index contributed by atoms with van der Waals surface area (Å²) >= 11 is 0. The molecular weight excluding hydrogens is 414 g/mol. The summed E-state index contributed by atoms with van der Waals surface area (Å²) in [7, 11) is 0. The van der Waals surface area contributed by atoms with E-state index in [0.717, 1.165) is 48.5 Å². The van der Waals surface area contributed by atoms with Crippen molar-refractivity contribution in [2.24, 2.45) is 0 Å². The fourth-order valence-electron chi connectivity index (χ4n) is 5.26. The van der Waals surface area contributed by atoms with E-state index in [1.807, 2.05) is 12.3 Å². The first kappa shape index (κ1) is 20.4. The summed E-state index contributed by atoms with van der Waals surface area (Å²) in [4.78, 5) is 25.9. The second-order valence-electron chi connectivity index (χ2n) is 9.06. The minimum atomic E-state index is 0.248. The Morgan fingerprint density at radius 1 is 0.970 bits per heavy atom. The van der Waals surface area contributed by atoms with Gasteiger partial charge in [0.1, 0.15) is 29.7 Å². The van der Waals surface area contributed by atoms with E-state index in [2.05, 4.69) is 47.9 Å². The number of hydrogen-bond donors (Lipinski definition) is 1. The molecule has 6 rings (SSSR count). The van der Waals surface area contributed by atoms with E-state index in [4.69, 9.17) is 9.72 Å². The van der Waals surface area contributed by atoms with Gasteiger partial charge in [0.25, 0.3) is 0 Å². The number of piperidine rings is 1. The number of aromatic nitrogens is 5. The fraction of sp³-hybridized carbons (Fsp3) is 0.440. The average molecular weight is 444 g/mol. The van der Waals surface area contributed by atoms with E-state index in [-0.39, 0.29) is 6.04 Å². The van der Waals surface area contributed by atoms with Crippen molar-refractivity contribution in [1.82, 2.24) is 29.8 Å². The minimum Gasteiger partial charge on any atom is -0.489 e. The molecule has 5 heterocycles. The summed E-state index contributed by atoms with van der Waals surface area (Å²) in [6.07, 6.45) is 11.3. The SMILES string of the molecule is c1cnc2c(OCC3CCCN3c3ncnc4nc[nH]c34)ccc(CN3CCCCC3)c2c1. The highest BCUT2D eigenvalue weighted by molar-refractivity contribution is 5.87. The van der Waals surface area contributed by atoms with Crippen molar-refractivity contribution in [3.8, 4) is 5.75 Å². The summed E-state index contributed by atoms with van der Waals surface area (Å²) in [5, 5.41) is 1.19. The lowest BCUT2D eigenvalue weighted by Gasteiger charge is -2.27. The predicted molar refractivity (Wildman–Crippen MR) is 128 cm³/mol. The van der Waals surface area contributed by atoms with Crippen molar-refractivity contribution >= 4 is 27.9 Å². The zero-order valence-electron chi connectivity index (χ0n) is 18.8. The van der Waals surface area contributed by atoms with Crippen LogP contribution in [0.25, 0.3) is 22.1 Å². The third-order valence-electron chi connectivity index (χ3n) is 6.95.